The lowest BCUT2D eigenvalue weighted by atomic mass is 10.1. The molecule has 1 aromatic carbocycles. The van der Waals surface area contributed by atoms with Crippen LogP contribution >= 0.6 is 15.9 Å². The van der Waals surface area contributed by atoms with E-state index in [2.05, 4.69) is 56.3 Å². The van der Waals surface area contributed by atoms with Gasteiger partial charge >= 0.3 is 6.03 Å². The van der Waals surface area contributed by atoms with Crippen LogP contribution in [-0.2, 0) is 6.54 Å². The maximum atomic E-state index is 12.3. The number of hydrogen-bond acceptors (Lipinski definition) is 3. The molecule has 1 N–H and O–H groups in total. The summed E-state index contributed by atoms with van der Waals surface area (Å²) in [6.45, 7) is 5.73. The van der Waals surface area contributed by atoms with Crippen molar-refractivity contribution >= 4 is 27.6 Å². The molecule has 126 valence electrons. The number of carbonyl (C=O) groups excluding carboxylic acids is 1. The van der Waals surface area contributed by atoms with Gasteiger partial charge < -0.3 is 15.1 Å². The number of aryl methyl sites for hydroxylation is 1. The second-order valence-corrected chi connectivity index (χ2v) is 6.80. The Morgan fingerprint density at radius 2 is 2.00 bits per heavy atom. The van der Waals surface area contributed by atoms with Crippen molar-refractivity contribution in [1.29, 1.82) is 0 Å². The maximum absolute atomic E-state index is 12.3. The summed E-state index contributed by atoms with van der Waals surface area (Å²) < 4.78 is 1.09. The molecule has 0 aliphatic carbocycles. The molecule has 1 fully saturated rings. The Bertz CT molecular complexity index is 699. The van der Waals surface area contributed by atoms with E-state index in [9.17, 15) is 4.79 Å². The third-order valence-corrected chi connectivity index (χ3v) is 4.71. The van der Waals surface area contributed by atoms with Gasteiger partial charge in [-0.1, -0.05) is 22.0 Å². The summed E-state index contributed by atoms with van der Waals surface area (Å²) in [5.74, 6) is 0. The molecule has 0 spiro atoms. The van der Waals surface area contributed by atoms with Gasteiger partial charge in [-0.25, -0.2) is 4.79 Å². The number of anilines is 1. The second kappa shape index (κ2) is 7.66. The van der Waals surface area contributed by atoms with Crippen molar-refractivity contribution in [3.05, 3.63) is 58.3 Å². The van der Waals surface area contributed by atoms with Crippen molar-refractivity contribution in [2.75, 3.05) is 31.1 Å². The average molecular weight is 389 g/mol. The van der Waals surface area contributed by atoms with E-state index in [-0.39, 0.29) is 6.03 Å². The molecule has 5 nitrogen and oxygen atoms in total. The first kappa shape index (κ1) is 16.8. The summed E-state index contributed by atoms with van der Waals surface area (Å²) in [4.78, 5) is 20.7. The smallest absolute Gasteiger partial charge is 0.317 e. The largest absolute Gasteiger partial charge is 0.368 e. The van der Waals surface area contributed by atoms with Crippen molar-refractivity contribution in [3.8, 4) is 0 Å². The number of hydrogen-bond donors (Lipinski definition) is 1. The van der Waals surface area contributed by atoms with E-state index in [1.807, 2.05) is 23.1 Å². The number of aromatic nitrogens is 1. The fourth-order valence-electron chi connectivity index (χ4n) is 2.90. The first-order valence-corrected chi connectivity index (χ1v) is 8.86. The van der Waals surface area contributed by atoms with Gasteiger partial charge in [-0.15, -0.1) is 0 Å². The molecule has 1 saturated heterocycles. The Morgan fingerprint density at radius 3 is 2.67 bits per heavy atom. The highest BCUT2D eigenvalue weighted by atomic mass is 79.9. The molecule has 0 atom stereocenters. The number of rotatable bonds is 3. The highest BCUT2D eigenvalue weighted by Gasteiger charge is 2.21. The number of halogens is 1. The van der Waals surface area contributed by atoms with Crippen LogP contribution in [0.1, 0.15) is 11.3 Å². The molecule has 0 radical (unpaired) electrons. The second-order valence-electron chi connectivity index (χ2n) is 5.88. The van der Waals surface area contributed by atoms with Crippen molar-refractivity contribution in [3.63, 3.8) is 0 Å². The normalized spacial score (nSPS) is 14.6. The van der Waals surface area contributed by atoms with Crippen LogP contribution in [0.15, 0.2) is 47.1 Å². The van der Waals surface area contributed by atoms with E-state index in [0.717, 1.165) is 36.3 Å². The van der Waals surface area contributed by atoms with Crippen LogP contribution in [0.5, 0.6) is 0 Å². The van der Waals surface area contributed by atoms with Crippen molar-refractivity contribution < 1.29 is 4.79 Å². The lowest BCUT2D eigenvalue weighted by molar-refractivity contribution is 0.194. The minimum absolute atomic E-state index is 0.0205. The lowest BCUT2D eigenvalue weighted by Crippen LogP contribution is -2.51. The number of nitrogens with zero attached hydrogens (tertiary/aromatic N) is 3. The minimum atomic E-state index is -0.0205. The summed E-state index contributed by atoms with van der Waals surface area (Å²) in [6, 6.07) is 12.0. The number of piperazine rings is 1. The number of nitrogens with one attached hydrogen (secondary N) is 1. The average Bonchev–Trinajstić information content (AvgIpc) is 2.61. The van der Waals surface area contributed by atoms with Gasteiger partial charge in [-0.3, -0.25) is 4.98 Å². The molecule has 1 aromatic heterocycles. The van der Waals surface area contributed by atoms with Gasteiger partial charge in [0.15, 0.2) is 0 Å². The first-order chi connectivity index (χ1) is 11.6. The van der Waals surface area contributed by atoms with Gasteiger partial charge in [0, 0.05) is 42.5 Å². The fourth-order valence-corrected chi connectivity index (χ4v) is 3.38. The van der Waals surface area contributed by atoms with Crippen molar-refractivity contribution in [2.24, 2.45) is 0 Å². The van der Waals surface area contributed by atoms with Crippen LogP contribution in [0.2, 0.25) is 0 Å². The van der Waals surface area contributed by atoms with Crippen LogP contribution in [0, 0.1) is 6.92 Å². The number of pyridine rings is 1. The molecular formula is C18H21BrN4O. The van der Waals surface area contributed by atoms with Crippen molar-refractivity contribution in [1.82, 2.24) is 15.2 Å². The molecule has 1 aliphatic heterocycles. The molecule has 2 amide bonds. The predicted octanol–water partition coefficient (Wildman–Crippen LogP) is 3.18. The van der Waals surface area contributed by atoms with Gasteiger partial charge in [-0.05, 0) is 42.8 Å². The van der Waals surface area contributed by atoms with E-state index in [1.165, 1.54) is 11.3 Å². The zero-order valence-electron chi connectivity index (χ0n) is 13.7. The highest BCUT2D eigenvalue weighted by molar-refractivity contribution is 9.10. The Morgan fingerprint density at radius 1 is 1.21 bits per heavy atom. The fraction of sp³-hybridized carbons (Fsp3) is 0.333. The summed E-state index contributed by atoms with van der Waals surface area (Å²) in [7, 11) is 0. The molecule has 24 heavy (non-hydrogen) atoms. The zero-order chi connectivity index (χ0) is 16.9. The Hall–Kier alpha value is -2.08. The Labute approximate surface area is 150 Å². The Kier molecular flexibility index (Phi) is 5.35. The quantitative estimate of drug-likeness (QED) is 0.877. The van der Waals surface area contributed by atoms with E-state index in [4.69, 9.17) is 0 Å². The van der Waals surface area contributed by atoms with E-state index in [1.54, 1.807) is 6.20 Å². The minimum Gasteiger partial charge on any atom is -0.368 e. The van der Waals surface area contributed by atoms with Gasteiger partial charge in [0.05, 0.1) is 12.2 Å². The number of benzene rings is 1. The van der Waals surface area contributed by atoms with Crippen LogP contribution in [0.4, 0.5) is 10.5 Å². The molecule has 2 heterocycles. The molecule has 6 heteroatoms. The maximum Gasteiger partial charge on any atom is 0.317 e. The summed E-state index contributed by atoms with van der Waals surface area (Å²) in [5, 5.41) is 2.94. The molecular weight excluding hydrogens is 368 g/mol. The summed E-state index contributed by atoms with van der Waals surface area (Å²) in [6.07, 6.45) is 1.74. The Balaban J connectivity index is 1.52. The van der Waals surface area contributed by atoms with E-state index >= 15 is 0 Å². The molecule has 0 bridgehead atoms. The van der Waals surface area contributed by atoms with Gasteiger partial charge in [0.25, 0.3) is 0 Å². The molecule has 0 saturated carbocycles. The zero-order valence-corrected chi connectivity index (χ0v) is 15.3. The third kappa shape index (κ3) is 4.06. The van der Waals surface area contributed by atoms with Crippen LogP contribution < -0.4 is 10.2 Å². The van der Waals surface area contributed by atoms with Crippen LogP contribution in [0.3, 0.4) is 0 Å². The third-order valence-electron chi connectivity index (χ3n) is 4.21. The molecule has 2 aromatic rings. The number of carbonyl (C=O) groups is 1. The van der Waals surface area contributed by atoms with Crippen LogP contribution in [-0.4, -0.2) is 42.1 Å². The monoisotopic (exact) mass is 388 g/mol. The summed E-state index contributed by atoms with van der Waals surface area (Å²) in [5.41, 5.74) is 3.36. The standard InChI is InChI=1S/C18H21BrN4O/c1-14-12-15(19)5-6-17(14)22-8-10-23(11-9-22)18(24)21-13-16-4-2-3-7-20-16/h2-7,12H,8-11,13H2,1H3,(H,21,24). The van der Waals surface area contributed by atoms with Crippen molar-refractivity contribution in [2.45, 2.75) is 13.5 Å². The van der Waals surface area contributed by atoms with Gasteiger partial charge in [-0.2, -0.15) is 0 Å². The predicted molar refractivity (Wildman–Crippen MR) is 99.1 cm³/mol. The van der Waals surface area contributed by atoms with Gasteiger partial charge in [0.1, 0.15) is 0 Å². The van der Waals surface area contributed by atoms with Crippen LogP contribution in [0.25, 0.3) is 0 Å². The molecule has 3 rings (SSSR count). The van der Waals surface area contributed by atoms with Gasteiger partial charge in [0.2, 0.25) is 0 Å². The SMILES string of the molecule is Cc1cc(Br)ccc1N1CCN(C(=O)NCc2ccccn2)CC1. The lowest BCUT2D eigenvalue weighted by Gasteiger charge is -2.36. The topological polar surface area (TPSA) is 48.5 Å². The van der Waals surface area contributed by atoms with E-state index < -0.39 is 0 Å². The number of urea groups is 1. The first-order valence-electron chi connectivity index (χ1n) is 8.07. The number of amides is 2. The van der Waals surface area contributed by atoms with E-state index in [0.29, 0.717) is 6.54 Å². The summed E-state index contributed by atoms with van der Waals surface area (Å²) >= 11 is 3.50. The molecule has 1 aliphatic rings. The molecule has 0 unspecified atom stereocenters. The highest BCUT2D eigenvalue weighted by Crippen LogP contribution is 2.24.